The normalized spacial score (nSPS) is 20.1. The molecule has 10 heteroatoms. The fourth-order valence-corrected chi connectivity index (χ4v) is 7.15. The number of fused-ring (bicyclic) bond motifs is 1. The first kappa shape index (κ1) is 25.1. The Balaban J connectivity index is 1.20. The molecule has 1 aromatic heterocycles. The zero-order chi connectivity index (χ0) is 25.1. The second kappa shape index (κ2) is 10.8. The minimum Gasteiger partial charge on any atom is -0.593 e. The largest absolute Gasteiger partial charge is 0.593 e. The van der Waals surface area contributed by atoms with E-state index in [4.69, 9.17) is 11.6 Å². The fraction of sp³-hybridized carbons (Fsp3) is 0.423. The molecule has 0 radical (unpaired) electrons. The first-order valence-electron chi connectivity index (χ1n) is 12.4. The van der Waals surface area contributed by atoms with Crippen LogP contribution in [0.4, 0.5) is 0 Å². The summed E-state index contributed by atoms with van der Waals surface area (Å²) in [5.41, 5.74) is 1.26. The molecule has 3 aromatic rings. The van der Waals surface area contributed by atoms with E-state index in [9.17, 15) is 13.6 Å². The van der Waals surface area contributed by atoms with Crippen molar-refractivity contribution in [1.29, 1.82) is 0 Å². The number of piperidine rings is 1. The fourth-order valence-electron chi connectivity index (χ4n) is 5.18. The summed E-state index contributed by atoms with van der Waals surface area (Å²) >= 11 is 6.16. The molecule has 190 valence electrons. The van der Waals surface area contributed by atoms with Crippen molar-refractivity contribution >= 4 is 27.9 Å². The Hall–Kier alpha value is -2.59. The van der Waals surface area contributed by atoms with Crippen LogP contribution in [0.3, 0.4) is 0 Å². The second-order valence-corrected chi connectivity index (χ2v) is 11.7. The Bertz CT molecular complexity index is 1260. The molecule has 1 amide bonds. The van der Waals surface area contributed by atoms with Gasteiger partial charge in [-0.15, -0.1) is 14.5 Å². The molecule has 36 heavy (non-hydrogen) atoms. The Morgan fingerprint density at radius 1 is 1.06 bits per heavy atom. The third kappa shape index (κ3) is 5.11. The summed E-state index contributed by atoms with van der Waals surface area (Å²) in [5.74, 6) is 1.68. The summed E-state index contributed by atoms with van der Waals surface area (Å²) in [6.07, 6.45) is 4.46. The number of rotatable bonds is 8. The van der Waals surface area contributed by atoms with Crippen LogP contribution in [-0.2, 0) is 32.2 Å². The summed E-state index contributed by atoms with van der Waals surface area (Å²) in [4.78, 5) is 13.2. The summed E-state index contributed by atoms with van der Waals surface area (Å²) in [6, 6.07) is 16.5. The molecule has 3 heterocycles. The molecule has 2 aliphatic rings. The van der Waals surface area contributed by atoms with Crippen LogP contribution in [0.1, 0.15) is 54.9 Å². The van der Waals surface area contributed by atoms with Gasteiger partial charge in [-0.2, -0.15) is 0 Å². The predicted octanol–water partition coefficient (Wildman–Crippen LogP) is 3.95. The van der Waals surface area contributed by atoms with Gasteiger partial charge in [-0.05, 0) is 49.8 Å². The molecule has 2 unspecified atom stereocenters. The van der Waals surface area contributed by atoms with Gasteiger partial charge in [-0.25, -0.2) is 0 Å². The number of aryl methyl sites for hydroxylation is 2. The number of hydrogen-bond acceptors (Lipinski definition) is 5. The van der Waals surface area contributed by atoms with Crippen LogP contribution in [0.5, 0.6) is 0 Å². The van der Waals surface area contributed by atoms with Crippen LogP contribution in [0.15, 0.2) is 59.5 Å². The molecule has 0 saturated carbocycles. The molecule has 1 saturated heterocycles. The van der Waals surface area contributed by atoms with Crippen molar-refractivity contribution in [3.05, 3.63) is 76.8 Å². The van der Waals surface area contributed by atoms with Gasteiger partial charge < -0.3 is 14.4 Å². The number of carbonyl (C=O) groups excluding carboxylic acids is 1. The number of halogens is 1. The maximum atomic E-state index is 13.1. The molecule has 1 fully saturated rings. The van der Waals surface area contributed by atoms with Crippen molar-refractivity contribution in [2.75, 3.05) is 19.6 Å². The van der Waals surface area contributed by atoms with Crippen molar-refractivity contribution in [2.45, 2.75) is 55.4 Å². The van der Waals surface area contributed by atoms with Crippen LogP contribution in [0.25, 0.3) is 0 Å². The standard InChI is InChI=1S/C26H30ClN5O3S/c27-21-10-4-5-11-23(21)36(34,35)31-17-14-20(15-18-31)25-30-29-24-13-12-22(32(24)25)26(33)28-16-6-9-19-7-2-1-3-8-19/h1-5,7-8,10-11,20,22H,6,9,12-18H2,(H-,28,33,34,35). The van der Waals surface area contributed by atoms with E-state index < -0.39 is 10.4 Å². The Morgan fingerprint density at radius 3 is 2.53 bits per heavy atom. The monoisotopic (exact) mass is 527 g/mol. The first-order chi connectivity index (χ1) is 17.4. The van der Waals surface area contributed by atoms with Gasteiger partial charge >= 0.3 is 0 Å². The van der Waals surface area contributed by atoms with E-state index in [0.29, 0.717) is 38.9 Å². The molecule has 1 N–H and O–H groups in total. The second-order valence-electron chi connectivity index (χ2n) is 9.39. The number of benzene rings is 2. The maximum absolute atomic E-state index is 13.1. The van der Waals surface area contributed by atoms with Crippen molar-refractivity contribution in [1.82, 2.24) is 24.4 Å². The van der Waals surface area contributed by atoms with Gasteiger partial charge in [0.1, 0.15) is 17.7 Å². The Kier molecular flexibility index (Phi) is 7.52. The summed E-state index contributed by atoms with van der Waals surface area (Å²) < 4.78 is 29.7. The van der Waals surface area contributed by atoms with E-state index >= 15 is 0 Å². The van der Waals surface area contributed by atoms with E-state index in [1.807, 2.05) is 22.8 Å². The third-order valence-corrected chi connectivity index (χ3v) is 9.50. The van der Waals surface area contributed by atoms with Gasteiger partial charge in [0.15, 0.2) is 15.3 Å². The number of nitrogens with one attached hydrogen (secondary N) is 1. The highest BCUT2D eigenvalue weighted by Gasteiger charge is 2.39. The molecule has 2 aromatic carbocycles. The molecular formula is C26H30ClN5O3S. The Morgan fingerprint density at radius 2 is 1.78 bits per heavy atom. The number of nitrogens with zero attached hydrogens (tertiary/aromatic N) is 4. The minimum atomic E-state index is -3.66. The van der Waals surface area contributed by atoms with E-state index in [-0.39, 0.29) is 27.8 Å². The highest BCUT2D eigenvalue weighted by molar-refractivity contribution is 7.95. The van der Waals surface area contributed by atoms with Gasteiger partial charge in [0.2, 0.25) is 5.91 Å². The van der Waals surface area contributed by atoms with E-state index in [0.717, 1.165) is 30.9 Å². The average Bonchev–Trinajstić information content (AvgIpc) is 3.50. The van der Waals surface area contributed by atoms with Crippen LogP contribution in [-0.4, -0.2) is 49.2 Å². The lowest BCUT2D eigenvalue weighted by Crippen LogP contribution is -2.42. The molecule has 2 atom stereocenters. The molecule has 2 aliphatic heterocycles. The SMILES string of the molecule is O=C(NCCCc1ccccc1)C1CCc2nnc(C3CCN([S+](=O)([O-])c4ccccc4Cl)CC3)n21. The van der Waals surface area contributed by atoms with Crippen LogP contribution >= 0.6 is 11.6 Å². The Labute approximate surface area is 217 Å². The summed E-state index contributed by atoms with van der Waals surface area (Å²) in [5, 5.41) is 12.1. The van der Waals surface area contributed by atoms with E-state index in [1.165, 1.54) is 15.9 Å². The van der Waals surface area contributed by atoms with E-state index in [1.54, 1.807) is 18.2 Å². The lowest BCUT2D eigenvalue weighted by molar-refractivity contribution is -0.124. The number of amides is 1. The van der Waals surface area contributed by atoms with Crippen molar-refractivity contribution < 1.29 is 13.6 Å². The first-order valence-corrected chi connectivity index (χ1v) is 14.3. The molecule has 0 bridgehead atoms. The van der Waals surface area contributed by atoms with Crippen LogP contribution in [0, 0.1) is 0 Å². The van der Waals surface area contributed by atoms with E-state index in [2.05, 4.69) is 27.6 Å². The van der Waals surface area contributed by atoms with Gasteiger partial charge in [-0.1, -0.05) is 58.3 Å². The lowest BCUT2D eigenvalue weighted by atomic mass is 9.97. The predicted molar refractivity (Wildman–Crippen MR) is 137 cm³/mol. The van der Waals surface area contributed by atoms with Crippen LogP contribution < -0.4 is 5.32 Å². The number of aromatic nitrogens is 3. The lowest BCUT2D eigenvalue weighted by Gasteiger charge is -2.33. The third-order valence-electron chi connectivity index (χ3n) is 7.11. The van der Waals surface area contributed by atoms with Gasteiger partial charge in [0.05, 0.1) is 5.02 Å². The van der Waals surface area contributed by atoms with Gasteiger partial charge in [0, 0.05) is 32.0 Å². The van der Waals surface area contributed by atoms with Crippen molar-refractivity contribution in [3.63, 3.8) is 0 Å². The maximum Gasteiger partial charge on any atom is 0.243 e. The quantitative estimate of drug-likeness (QED) is 0.353. The number of carbonyl (C=O) groups is 1. The number of hydrogen-bond donors (Lipinski definition) is 1. The zero-order valence-electron chi connectivity index (χ0n) is 20.0. The summed E-state index contributed by atoms with van der Waals surface area (Å²) in [7, 11) is -3.66. The summed E-state index contributed by atoms with van der Waals surface area (Å²) in [6.45, 7) is 1.36. The van der Waals surface area contributed by atoms with Crippen molar-refractivity contribution in [3.8, 4) is 0 Å². The van der Waals surface area contributed by atoms with Crippen molar-refractivity contribution in [2.24, 2.45) is 0 Å². The minimum absolute atomic E-state index is 0.00148. The molecular weight excluding hydrogens is 498 g/mol. The topological polar surface area (TPSA) is 103 Å². The highest BCUT2D eigenvalue weighted by atomic mass is 35.5. The smallest absolute Gasteiger partial charge is 0.243 e. The zero-order valence-corrected chi connectivity index (χ0v) is 21.6. The molecule has 0 spiro atoms. The molecule has 8 nitrogen and oxygen atoms in total. The highest BCUT2D eigenvalue weighted by Crippen LogP contribution is 2.37. The van der Waals surface area contributed by atoms with Crippen LogP contribution in [0.2, 0.25) is 5.02 Å². The number of sulfonamides is 1. The molecule has 0 aliphatic carbocycles. The van der Waals surface area contributed by atoms with Gasteiger partial charge in [0.25, 0.3) is 0 Å². The molecule has 5 rings (SSSR count). The average molecular weight is 528 g/mol. The van der Waals surface area contributed by atoms with Gasteiger partial charge in [-0.3, -0.25) is 4.79 Å².